The summed E-state index contributed by atoms with van der Waals surface area (Å²) >= 11 is 0. The molecule has 0 bridgehead atoms. The Morgan fingerprint density at radius 2 is 1.61 bits per heavy atom. The summed E-state index contributed by atoms with van der Waals surface area (Å²) in [6.45, 7) is 10.7. The predicted molar refractivity (Wildman–Crippen MR) is 81.1 cm³/mol. The molecule has 0 spiro atoms. The molecule has 0 aromatic carbocycles. The minimum Gasteiger partial charge on any atom is -0.312 e. The molecule has 2 nitrogen and oxygen atoms in total. The van der Waals surface area contributed by atoms with Gasteiger partial charge < -0.3 is 5.32 Å². The summed E-state index contributed by atoms with van der Waals surface area (Å²) < 4.78 is 0. The van der Waals surface area contributed by atoms with Crippen molar-refractivity contribution in [3.63, 3.8) is 0 Å². The molecule has 108 valence electrons. The minimum absolute atomic E-state index is 0.772. The van der Waals surface area contributed by atoms with Crippen LogP contribution in [0, 0.1) is 0 Å². The van der Waals surface area contributed by atoms with E-state index in [-0.39, 0.29) is 0 Å². The average Bonchev–Trinajstić information content (AvgIpc) is 3.19. The Kier molecular flexibility index (Phi) is 8.70. The fourth-order valence-corrected chi connectivity index (χ4v) is 2.54. The molecule has 1 rings (SSSR count). The van der Waals surface area contributed by atoms with Crippen molar-refractivity contribution in [1.82, 2.24) is 10.2 Å². The molecule has 1 saturated carbocycles. The maximum Gasteiger partial charge on any atom is 0.0220 e. The van der Waals surface area contributed by atoms with Crippen molar-refractivity contribution in [3.05, 3.63) is 0 Å². The predicted octanol–water partition coefficient (Wildman–Crippen LogP) is 3.81. The van der Waals surface area contributed by atoms with Gasteiger partial charge in [-0.1, -0.05) is 40.0 Å². The van der Waals surface area contributed by atoms with Crippen LogP contribution in [0.4, 0.5) is 0 Å². The first-order chi connectivity index (χ1) is 8.81. The number of unbranched alkanes of at least 4 members (excludes halogenated alkanes) is 2. The lowest BCUT2D eigenvalue weighted by molar-refractivity contribution is 0.175. The first kappa shape index (κ1) is 16.0. The molecule has 0 amide bonds. The van der Waals surface area contributed by atoms with Crippen molar-refractivity contribution in [1.29, 1.82) is 0 Å². The van der Waals surface area contributed by atoms with Crippen LogP contribution in [0.15, 0.2) is 0 Å². The van der Waals surface area contributed by atoms with E-state index < -0.39 is 0 Å². The third-order valence-corrected chi connectivity index (χ3v) is 3.96. The quantitative estimate of drug-likeness (QED) is 0.570. The Labute approximate surface area is 115 Å². The Balaban J connectivity index is 2.37. The van der Waals surface area contributed by atoms with E-state index in [9.17, 15) is 0 Å². The SMILES string of the molecule is CCCCN(CCCC)C(CCC)CNC1CC1. The van der Waals surface area contributed by atoms with E-state index in [1.807, 2.05) is 0 Å². The third kappa shape index (κ3) is 6.75. The normalized spacial score (nSPS) is 17.3. The van der Waals surface area contributed by atoms with E-state index in [0.29, 0.717) is 0 Å². The van der Waals surface area contributed by atoms with Gasteiger partial charge in [0.25, 0.3) is 0 Å². The van der Waals surface area contributed by atoms with Gasteiger partial charge in [-0.3, -0.25) is 4.90 Å². The van der Waals surface area contributed by atoms with Gasteiger partial charge in [0.2, 0.25) is 0 Å². The summed E-state index contributed by atoms with van der Waals surface area (Å²) in [5.41, 5.74) is 0. The van der Waals surface area contributed by atoms with Crippen LogP contribution in [0.5, 0.6) is 0 Å². The molecule has 1 unspecified atom stereocenters. The molecule has 0 aromatic rings. The minimum atomic E-state index is 0.772. The van der Waals surface area contributed by atoms with E-state index in [0.717, 1.165) is 12.1 Å². The third-order valence-electron chi connectivity index (χ3n) is 3.96. The van der Waals surface area contributed by atoms with Crippen LogP contribution in [-0.2, 0) is 0 Å². The van der Waals surface area contributed by atoms with Crippen molar-refractivity contribution in [2.45, 2.75) is 84.2 Å². The zero-order chi connectivity index (χ0) is 13.2. The summed E-state index contributed by atoms with van der Waals surface area (Å²) in [4.78, 5) is 2.76. The highest BCUT2D eigenvalue weighted by atomic mass is 15.2. The summed E-state index contributed by atoms with van der Waals surface area (Å²) in [7, 11) is 0. The zero-order valence-corrected chi connectivity index (χ0v) is 12.9. The van der Waals surface area contributed by atoms with E-state index in [4.69, 9.17) is 0 Å². The first-order valence-corrected chi connectivity index (χ1v) is 8.29. The number of hydrogen-bond donors (Lipinski definition) is 1. The molecular weight excluding hydrogens is 220 g/mol. The van der Waals surface area contributed by atoms with Gasteiger partial charge >= 0.3 is 0 Å². The molecule has 1 atom stereocenters. The molecule has 18 heavy (non-hydrogen) atoms. The van der Waals surface area contributed by atoms with Gasteiger partial charge in [-0.25, -0.2) is 0 Å². The monoisotopic (exact) mass is 254 g/mol. The van der Waals surface area contributed by atoms with Crippen LogP contribution in [0.1, 0.15) is 72.1 Å². The molecule has 0 aliphatic heterocycles. The fraction of sp³-hybridized carbons (Fsp3) is 1.00. The van der Waals surface area contributed by atoms with Crippen molar-refractivity contribution in [3.8, 4) is 0 Å². The Hall–Kier alpha value is -0.0800. The second-order valence-electron chi connectivity index (χ2n) is 5.87. The molecule has 0 aromatic heterocycles. The molecule has 2 heteroatoms. The maximum absolute atomic E-state index is 3.73. The molecule has 0 saturated heterocycles. The highest BCUT2D eigenvalue weighted by Crippen LogP contribution is 2.19. The summed E-state index contributed by atoms with van der Waals surface area (Å²) in [5.74, 6) is 0. The number of rotatable bonds is 12. The highest BCUT2D eigenvalue weighted by molar-refractivity contribution is 4.84. The Morgan fingerprint density at radius 3 is 2.06 bits per heavy atom. The van der Waals surface area contributed by atoms with E-state index in [1.165, 1.54) is 71.0 Å². The fourth-order valence-electron chi connectivity index (χ4n) is 2.54. The van der Waals surface area contributed by atoms with Crippen molar-refractivity contribution in [2.24, 2.45) is 0 Å². The lowest BCUT2D eigenvalue weighted by atomic mass is 10.1. The van der Waals surface area contributed by atoms with Crippen molar-refractivity contribution >= 4 is 0 Å². The zero-order valence-electron chi connectivity index (χ0n) is 12.9. The first-order valence-electron chi connectivity index (χ1n) is 8.29. The lowest BCUT2D eigenvalue weighted by Crippen LogP contribution is -2.44. The molecule has 1 aliphatic rings. The van der Waals surface area contributed by atoms with Crippen LogP contribution in [0.25, 0.3) is 0 Å². The summed E-state index contributed by atoms with van der Waals surface area (Å²) in [5, 5.41) is 3.73. The van der Waals surface area contributed by atoms with Crippen LogP contribution in [0.3, 0.4) is 0 Å². The number of nitrogens with one attached hydrogen (secondary N) is 1. The van der Waals surface area contributed by atoms with Crippen molar-refractivity contribution in [2.75, 3.05) is 19.6 Å². The molecule has 1 fully saturated rings. The largest absolute Gasteiger partial charge is 0.312 e. The van der Waals surface area contributed by atoms with Gasteiger partial charge in [0.15, 0.2) is 0 Å². The second kappa shape index (κ2) is 9.80. The summed E-state index contributed by atoms with van der Waals surface area (Å²) in [6, 6.07) is 1.62. The van der Waals surface area contributed by atoms with Gasteiger partial charge in [-0.15, -0.1) is 0 Å². The van der Waals surface area contributed by atoms with Gasteiger partial charge in [0, 0.05) is 18.6 Å². The van der Waals surface area contributed by atoms with Gasteiger partial charge in [0.1, 0.15) is 0 Å². The average molecular weight is 254 g/mol. The number of nitrogens with zero attached hydrogens (tertiary/aromatic N) is 1. The van der Waals surface area contributed by atoms with Crippen LogP contribution in [0.2, 0.25) is 0 Å². The molecule has 0 heterocycles. The lowest BCUT2D eigenvalue weighted by Gasteiger charge is -2.32. The van der Waals surface area contributed by atoms with E-state index >= 15 is 0 Å². The molecular formula is C16H34N2. The topological polar surface area (TPSA) is 15.3 Å². The van der Waals surface area contributed by atoms with Gasteiger partial charge in [-0.2, -0.15) is 0 Å². The van der Waals surface area contributed by atoms with Gasteiger partial charge in [-0.05, 0) is 45.2 Å². The Morgan fingerprint density at radius 1 is 1.00 bits per heavy atom. The Bertz CT molecular complexity index is 182. The molecule has 1 N–H and O–H groups in total. The molecule has 1 aliphatic carbocycles. The van der Waals surface area contributed by atoms with Crippen LogP contribution in [-0.4, -0.2) is 36.6 Å². The summed E-state index contributed by atoms with van der Waals surface area (Å²) in [6.07, 6.45) is 10.8. The maximum atomic E-state index is 3.73. The van der Waals surface area contributed by atoms with Gasteiger partial charge in [0.05, 0.1) is 0 Å². The molecule has 0 radical (unpaired) electrons. The van der Waals surface area contributed by atoms with Crippen LogP contribution < -0.4 is 5.32 Å². The second-order valence-corrected chi connectivity index (χ2v) is 5.87. The van der Waals surface area contributed by atoms with Crippen molar-refractivity contribution < 1.29 is 0 Å². The smallest absolute Gasteiger partial charge is 0.0220 e. The highest BCUT2D eigenvalue weighted by Gasteiger charge is 2.23. The van der Waals surface area contributed by atoms with E-state index in [1.54, 1.807) is 0 Å². The standard InChI is InChI=1S/C16H34N2/c1-4-7-12-18(13-8-5-2)16(9-6-3)14-17-15-10-11-15/h15-17H,4-14H2,1-3H3. The van der Waals surface area contributed by atoms with Crippen LogP contribution >= 0.6 is 0 Å². The van der Waals surface area contributed by atoms with E-state index in [2.05, 4.69) is 31.0 Å². The number of hydrogen-bond acceptors (Lipinski definition) is 2.